The van der Waals surface area contributed by atoms with Crippen molar-refractivity contribution < 1.29 is 4.74 Å². The Bertz CT molecular complexity index is 235. The molecular formula is C14H33IN4O. The molecule has 122 valence electrons. The molecule has 0 heterocycles. The molecule has 0 rings (SSSR count). The van der Waals surface area contributed by atoms with Crippen molar-refractivity contribution in [3.8, 4) is 0 Å². The van der Waals surface area contributed by atoms with Crippen molar-refractivity contribution in [2.45, 2.75) is 40.7 Å². The maximum Gasteiger partial charge on any atom is 0.191 e. The van der Waals surface area contributed by atoms with Gasteiger partial charge in [0.25, 0.3) is 0 Å². The van der Waals surface area contributed by atoms with Gasteiger partial charge < -0.3 is 15.4 Å². The van der Waals surface area contributed by atoms with Gasteiger partial charge in [-0.3, -0.25) is 9.89 Å². The minimum atomic E-state index is 0. The normalized spacial score (nSPS) is 13.0. The second kappa shape index (κ2) is 15.3. The van der Waals surface area contributed by atoms with Gasteiger partial charge in [-0.15, -0.1) is 24.0 Å². The lowest BCUT2D eigenvalue weighted by molar-refractivity contribution is 0.152. The molecule has 0 aromatic rings. The predicted octanol–water partition coefficient (Wildman–Crippen LogP) is 1.93. The lowest BCUT2D eigenvalue weighted by atomic mass is 10.3. The summed E-state index contributed by atoms with van der Waals surface area (Å²) in [5.41, 5.74) is 0. The first-order chi connectivity index (χ1) is 9.19. The topological polar surface area (TPSA) is 48.9 Å². The standard InChI is InChI=1S/C14H32N4O.HI/c1-6-15-14(16-10-11-19-9-4)17-12-13(5)18(7-2)8-3;/h13H,6-12H2,1-5H3,(H2,15,16,17);1H. The summed E-state index contributed by atoms with van der Waals surface area (Å²) < 4.78 is 5.31. The first-order valence-corrected chi connectivity index (χ1v) is 7.53. The van der Waals surface area contributed by atoms with Crippen molar-refractivity contribution >= 4 is 29.9 Å². The molecule has 0 aliphatic carbocycles. The lowest BCUT2D eigenvalue weighted by Gasteiger charge is -2.25. The molecule has 0 spiro atoms. The summed E-state index contributed by atoms with van der Waals surface area (Å²) in [6.45, 7) is 16.8. The molecule has 0 saturated heterocycles. The highest BCUT2D eigenvalue weighted by atomic mass is 127. The zero-order valence-corrected chi connectivity index (χ0v) is 16.1. The van der Waals surface area contributed by atoms with E-state index >= 15 is 0 Å². The molecule has 0 bridgehead atoms. The van der Waals surface area contributed by atoms with E-state index in [0.717, 1.165) is 45.3 Å². The van der Waals surface area contributed by atoms with E-state index in [1.807, 2.05) is 6.92 Å². The molecule has 0 saturated carbocycles. The van der Waals surface area contributed by atoms with Gasteiger partial charge in [0, 0.05) is 25.7 Å². The van der Waals surface area contributed by atoms with Crippen LogP contribution < -0.4 is 10.6 Å². The average Bonchev–Trinajstić information content (AvgIpc) is 2.42. The second-order valence-corrected chi connectivity index (χ2v) is 4.41. The number of nitrogens with zero attached hydrogens (tertiary/aromatic N) is 2. The van der Waals surface area contributed by atoms with Crippen molar-refractivity contribution in [2.75, 3.05) is 45.9 Å². The SMILES string of the molecule is CCNC(=NCC(C)N(CC)CC)NCCOCC.I. The van der Waals surface area contributed by atoms with Gasteiger partial charge in [-0.25, -0.2) is 0 Å². The number of guanidine groups is 1. The monoisotopic (exact) mass is 400 g/mol. The summed E-state index contributed by atoms with van der Waals surface area (Å²) in [6, 6.07) is 0.470. The number of hydrogen-bond donors (Lipinski definition) is 2. The largest absolute Gasteiger partial charge is 0.380 e. The summed E-state index contributed by atoms with van der Waals surface area (Å²) in [6.07, 6.45) is 0. The summed E-state index contributed by atoms with van der Waals surface area (Å²) in [5, 5.41) is 6.54. The number of aliphatic imine (C=N–C) groups is 1. The van der Waals surface area contributed by atoms with E-state index in [-0.39, 0.29) is 24.0 Å². The zero-order chi connectivity index (χ0) is 14.5. The van der Waals surface area contributed by atoms with E-state index in [9.17, 15) is 0 Å². The third-order valence-electron chi connectivity index (χ3n) is 3.04. The number of hydrogen-bond acceptors (Lipinski definition) is 3. The van der Waals surface area contributed by atoms with E-state index in [1.165, 1.54) is 0 Å². The van der Waals surface area contributed by atoms with E-state index < -0.39 is 0 Å². The van der Waals surface area contributed by atoms with Crippen LogP contribution in [0.2, 0.25) is 0 Å². The van der Waals surface area contributed by atoms with Crippen LogP contribution >= 0.6 is 24.0 Å². The summed E-state index contributed by atoms with van der Waals surface area (Å²) in [4.78, 5) is 7.04. The van der Waals surface area contributed by atoms with Crippen LogP contribution in [0.15, 0.2) is 4.99 Å². The van der Waals surface area contributed by atoms with Crippen LogP contribution in [0.25, 0.3) is 0 Å². The highest BCUT2D eigenvalue weighted by Gasteiger charge is 2.09. The maximum atomic E-state index is 5.31. The third-order valence-corrected chi connectivity index (χ3v) is 3.04. The van der Waals surface area contributed by atoms with E-state index in [4.69, 9.17) is 4.74 Å². The van der Waals surface area contributed by atoms with Gasteiger partial charge in [-0.1, -0.05) is 13.8 Å². The Labute approximate surface area is 141 Å². The summed E-state index contributed by atoms with van der Waals surface area (Å²) in [7, 11) is 0. The molecule has 1 unspecified atom stereocenters. The predicted molar refractivity (Wildman–Crippen MR) is 98.3 cm³/mol. The zero-order valence-electron chi connectivity index (χ0n) is 13.7. The third kappa shape index (κ3) is 10.7. The number of rotatable bonds is 10. The van der Waals surface area contributed by atoms with Gasteiger partial charge in [0.2, 0.25) is 0 Å². The van der Waals surface area contributed by atoms with Gasteiger partial charge in [-0.05, 0) is 33.9 Å². The van der Waals surface area contributed by atoms with Crippen LogP contribution in [-0.2, 0) is 4.74 Å². The van der Waals surface area contributed by atoms with Crippen LogP contribution in [0.5, 0.6) is 0 Å². The van der Waals surface area contributed by atoms with Crippen molar-refractivity contribution in [1.29, 1.82) is 0 Å². The van der Waals surface area contributed by atoms with Crippen molar-refractivity contribution in [1.82, 2.24) is 15.5 Å². The molecule has 0 aliphatic rings. The molecule has 2 N–H and O–H groups in total. The Morgan fingerprint density at radius 3 is 2.30 bits per heavy atom. The highest BCUT2D eigenvalue weighted by Crippen LogP contribution is 1.98. The Hall–Kier alpha value is -0.0800. The van der Waals surface area contributed by atoms with Crippen molar-refractivity contribution in [3.05, 3.63) is 0 Å². The molecule has 0 aliphatic heterocycles. The van der Waals surface area contributed by atoms with Gasteiger partial charge in [0.1, 0.15) is 0 Å². The lowest BCUT2D eigenvalue weighted by Crippen LogP contribution is -2.41. The molecule has 0 aromatic carbocycles. The van der Waals surface area contributed by atoms with Gasteiger partial charge in [-0.2, -0.15) is 0 Å². The molecule has 20 heavy (non-hydrogen) atoms. The van der Waals surface area contributed by atoms with Gasteiger partial charge in [0.05, 0.1) is 13.2 Å². The van der Waals surface area contributed by atoms with E-state index in [2.05, 4.69) is 48.2 Å². The second-order valence-electron chi connectivity index (χ2n) is 4.41. The molecule has 6 heteroatoms. The Kier molecular flexibility index (Phi) is 17.0. The van der Waals surface area contributed by atoms with Gasteiger partial charge in [0.15, 0.2) is 5.96 Å². The Morgan fingerprint density at radius 2 is 1.80 bits per heavy atom. The number of ether oxygens (including phenoxy) is 1. The Morgan fingerprint density at radius 1 is 1.15 bits per heavy atom. The van der Waals surface area contributed by atoms with Crippen LogP contribution in [-0.4, -0.2) is 62.8 Å². The number of likely N-dealkylation sites (N-methyl/N-ethyl adjacent to an activating group) is 1. The number of halogens is 1. The minimum Gasteiger partial charge on any atom is -0.380 e. The molecule has 1 atom stereocenters. The van der Waals surface area contributed by atoms with Crippen LogP contribution in [0.1, 0.15) is 34.6 Å². The summed E-state index contributed by atoms with van der Waals surface area (Å²) >= 11 is 0. The molecule has 0 amide bonds. The minimum absolute atomic E-state index is 0. The fourth-order valence-electron chi connectivity index (χ4n) is 1.91. The Balaban J connectivity index is 0. The molecule has 0 aromatic heterocycles. The van der Waals surface area contributed by atoms with Crippen LogP contribution in [0, 0.1) is 0 Å². The quantitative estimate of drug-likeness (QED) is 0.255. The molecular weight excluding hydrogens is 367 g/mol. The van der Waals surface area contributed by atoms with E-state index in [0.29, 0.717) is 12.6 Å². The van der Waals surface area contributed by atoms with Crippen LogP contribution in [0.3, 0.4) is 0 Å². The number of nitrogens with one attached hydrogen (secondary N) is 2. The maximum absolute atomic E-state index is 5.31. The first kappa shape index (κ1) is 22.2. The van der Waals surface area contributed by atoms with Gasteiger partial charge >= 0.3 is 0 Å². The highest BCUT2D eigenvalue weighted by molar-refractivity contribution is 14.0. The molecule has 0 radical (unpaired) electrons. The fraction of sp³-hybridized carbons (Fsp3) is 0.929. The molecule has 0 fully saturated rings. The van der Waals surface area contributed by atoms with Crippen molar-refractivity contribution in [2.24, 2.45) is 4.99 Å². The summed E-state index contributed by atoms with van der Waals surface area (Å²) in [5.74, 6) is 0.876. The fourth-order valence-corrected chi connectivity index (χ4v) is 1.91. The van der Waals surface area contributed by atoms with Crippen molar-refractivity contribution in [3.63, 3.8) is 0 Å². The molecule has 5 nitrogen and oxygen atoms in total. The van der Waals surface area contributed by atoms with Crippen LogP contribution in [0.4, 0.5) is 0 Å². The van der Waals surface area contributed by atoms with E-state index in [1.54, 1.807) is 0 Å². The first-order valence-electron chi connectivity index (χ1n) is 7.53. The smallest absolute Gasteiger partial charge is 0.191 e. The average molecular weight is 400 g/mol.